The Bertz CT molecular complexity index is 1030. The molecule has 0 saturated heterocycles. The van der Waals surface area contributed by atoms with E-state index in [1.54, 1.807) is 6.08 Å². The average Bonchev–Trinajstić information content (AvgIpc) is 3.02. The van der Waals surface area contributed by atoms with Gasteiger partial charge in [0.05, 0.1) is 0 Å². The minimum Gasteiger partial charge on any atom is -0.414 e. The number of allylic oxidation sites excluding steroid dienone is 3. The Morgan fingerprint density at radius 2 is 1.60 bits per heavy atom. The molecule has 4 nitrogen and oxygen atoms in total. The van der Waals surface area contributed by atoms with Crippen LogP contribution in [-0.2, 0) is 18.7 Å². The van der Waals surface area contributed by atoms with E-state index >= 15 is 0 Å². The van der Waals surface area contributed by atoms with Gasteiger partial charge in [-0.2, -0.15) is 21.6 Å². The summed E-state index contributed by atoms with van der Waals surface area (Å²) >= 11 is 0. The molecule has 200 valence electrons. The lowest BCUT2D eigenvalue weighted by molar-refractivity contribution is -0.0582. The van der Waals surface area contributed by atoms with Crippen LogP contribution in [0.1, 0.15) is 79.6 Å². The second-order valence-corrected chi connectivity index (χ2v) is 19.5. The van der Waals surface area contributed by atoms with Crippen LogP contribution >= 0.6 is 0 Å². The second-order valence-electron chi connectivity index (χ2n) is 13.2. The molecule has 4 rings (SSSR count). The van der Waals surface area contributed by atoms with Gasteiger partial charge in [0.25, 0.3) is 0 Å². The van der Waals surface area contributed by atoms with Gasteiger partial charge in [-0.3, -0.25) is 0 Å². The van der Waals surface area contributed by atoms with Crippen LogP contribution in [0.5, 0.6) is 0 Å². The van der Waals surface area contributed by atoms with Crippen LogP contribution in [0.15, 0.2) is 23.5 Å². The van der Waals surface area contributed by atoms with Crippen molar-refractivity contribution in [3.8, 4) is 0 Å². The summed E-state index contributed by atoms with van der Waals surface area (Å²) in [7, 11) is -7.51. The van der Waals surface area contributed by atoms with E-state index in [2.05, 4.69) is 46.9 Å². The Morgan fingerprint density at radius 3 is 2.20 bits per heavy atom. The van der Waals surface area contributed by atoms with E-state index in [0.29, 0.717) is 24.7 Å². The molecule has 4 aliphatic carbocycles. The first-order valence-corrected chi connectivity index (χ1v) is 17.2. The number of rotatable bonds is 4. The number of alkyl halides is 3. The third-order valence-electron chi connectivity index (χ3n) is 10.3. The zero-order valence-electron chi connectivity index (χ0n) is 22.1. The normalized spacial score (nSPS) is 38.1. The highest BCUT2D eigenvalue weighted by Gasteiger charge is 2.59. The fraction of sp³-hybridized carbons (Fsp3) is 0.846. The van der Waals surface area contributed by atoms with E-state index in [4.69, 9.17) is 8.61 Å². The molecule has 0 bridgehead atoms. The third kappa shape index (κ3) is 4.45. The SMILES string of the molecule is CC(C)(C)[Si](C)(C)O[C@H]1CC[C@@]2(C)C(=CCC3[C@@H]2CC[C@]2(C)C(OS(=O)(=O)C(F)(F)F)=CC[C@@H]32)C1. The van der Waals surface area contributed by atoms with Crippen molar-refractivity contribution in [3.05, 3.63) is 23.5 Å². The van der Waals surface area contributed by atoms with Gasteiger partial charge in [-0.15, -0.1) is 0 Å². The molecule has 0 radical (unpaired) electrons. The van der Waals surface area contributed by atoms with E-state index in [-0.39, 0.29) is 28.2 Å². The van der Waals surface area contributed by atoms with Gasteiger partial charge in [-0.25, -0.2) is 0 Å². The van der Waals surface area contributed by atoms with E-state index < -0.39 is 29.4 Å². The Morgan fingerprint density at radius 1 is 0.971 bits per heavy atom. The van der Waals surface area contributed by atoms with Crippen molar-refractivity contribution in [1.29, 1.82) is 0 Å². The van der Waals surface area contributed by atoms with Crippen molar-refractivity contribution in [2.75, 3.05) is 0 Å². The first-order valence-electron chi connectivity index (χ1n) is 12.9. The smallest absolute Gasteiger partial charge is 0.414 e. The molecule has 2 saturated carbocycles. The summed E-state index contributed by atoms with van der Waals surface area (Å²) in [6.07, 6.45) is 10.2. The van der Waals surface area contributed by atoms with Gasteiger partial charge in [-0.1, -0.05) is 46.3 Å². The molecule has 2 fully saturated rings. The summed E-state index contributed by atoms with van der Waals surface area (Å²) in [6.45, 7) is 15.7. The zero-order valence-corrected chi connectivity index (χ0v) is 23.9. The molecule has 0 amide bonds. The lowest BCUT2D eigenvalue weighted by Gasteiger charge is -2.58. The summed E-state index contributed by atoms with van der Waals surface area (Å²) in [5, 5.41) is 0.169. The van der Waals surface area contributed by atoms with Gasteiger partial charge in [0.1, 0.15) is 5.76 Å². The molecule has 9 heteroatoms. The van der Waals surface area contributed by atoms with Crippen molar-refractivity contribution in [2.45, 2.75) is 109 Å². The minimum absolute atomic E-state index is 0.00955. The lowest BCUT2D eigenvalue weighted by Crippen LogP contribution is -2.51. The monoisotopic (exact) mass is 534 g/mol. The van der Waals surface area contributed by atoms with Crippen molar-refractivity contribution in [3.63, 3.8) is 0 Å². The molecule has 0 aromatic rings. The highest BCUT2D eigenvalue weighted by atomic mass is 32.2. The van der Waals surface area contributed by atoms with E-state index in [0.717, 1.165) is 32.1 Å². The molecule has 0 N–H and O–H groups in total. The predicted molar refractivity (Wildman–Crippen MR) is 133 cm³/mol. The molecule has 0 aromatic carbocycles. The Hall–Kier alpha value is -0.803. The summed E-state index contributed by atoms with van der Waals surface area (Å²) < 4.78 is 73.9. The second kappa shape index (κ2) is 8.35. The molecule has 6 atom stereocenters. The van der Waals surface area contributed by atoms with Crippen LogP contribution in [0.3, 0.4) is 0 Å². The maximum atomic E-state index is 13.0. The van der Waals surface area contributed by atoms with E-state index in [1.165, 1.54) is 5.57 Å². The Kier molecular flexibility index (Phi) is 6.50. The van der Waals surface area contributed by atoms with Crippen LogP contribution in [0, 0.1) is 28.6 Å². The zero-order chi connectivity index (χ0) is 26.2. The summed E-state index contributed by atoms with van der Waals surface area (Å²) in [5.74, 6) is 0.841. The van der Waals surface area contributed by atoms with Crippen LogP contribution in [0.4, 0.5) is 13.2 Å². The highest BCUT2D eigenvalue weighted by molar-refractivity contribution is 7.87. The van der Waals surface area contributed by atoms with Gasteiger partial charge < -0.3 is 8.61 Å². The molecule has 1 unspecified atom stereocenters. The quantitative estimate of drug-likeness (QED) is 0.160. The minimum atomic E-state index is -5.65. The lowest BCUT2D eigenvalue weighted by atomic mass is 9.48. The average molecular weight is 535 g/mol. The number of hydrogen-bond donors (Lipinski definition) is 0. The molecular formula is C26H41F3O4SSi. The highest BCUT2D eigenvalue weighted by Crippen LogP contribution is 2.65. The first kappa shape index (κ1) is 27.2. The fourth-order valence-corrected chi connectivity index (χ4v) is 9.12. The van der Waals surface area contributed by atoms with Crippen molar-refractivity contribution in [1.82, 2.24) is 0 Å². The van der Waals surface area contributed by atoms with E-state index in [9.17, 15) is 21.6 Å². The summed E-state index contributed by atoms with van der Waals surface area (Å²) in [4.78, 5) is 0. The topological polar surface area (TPSA) is 52.6 Å². The maximum Gasteiger partial charge on any atom is 0.534 e. The van der Waals surface area contributed by atoms with Gasteiger partial charge >= 0.3 is 15.6 Å². The molecule has 4 aliphatic rings. The van der Waals surface area contributed by atoms with Gasteiger partial charge in [-0.05, 0) is 92.3 Å². The van der Waals surface area contributed by atoms with Crippen molar-refractivity contribution in [2.24, 2.45) is 28.6 Å². The van der Waals surface area contributed by atoms with Crippen LogP contribution < -0.4 is 0 Å². The molecule has 0 aromatic heterocycles. The largest absolute Gasteiger partial charge is 0.534 e. The molecule has 0 aliphatic heterocycles. The van der Waals surface area contributed by atoms with Gasteiger partial charge in [0.15, 0.2) is 8.32 Å². The van der Waals surface area contributed by atoms with Crippen molar-refractivity contribution < 1.29 is 30.2 Å². The number of fused-ring (bicyclic) bond motifs is 5. The van der Waals surface area contributed by atoms with Crippen LogP contribution in [0.2, 0.25) is 18.1 Å². The van der Waals surface area contributed by atoms with Gasteiger partial charge in [0.2, 0.25) is 0 Å². The summed E-state index contributed by atoms with van der Waals surface area (Å²) in [5.41, 5.74) is -4.54. The molecular weight excluding hydrogens is 493 g/mol. The van der Waals surface area contributed by atoms with E-state index in [1.807, 2.05) is 6.92 Å². The fourth-order valence-electron chi connectivity index (χ4n) is 7.14. The van der Waals surface area contributed by atoms with Gasteiger partial charge in [0, 0.05) is 11.5 Å². The van der Waals surface area contributed by atoms with Crippen LogP contribution in [0.25, 0.3) is 0 Å². The number of halogens is 3. The van der Waals surface area contributed by atoms with Crippen LogP contribution in [-0.4, -0.2) is 28.3 Å². The molecule has 35 heavy (non-hydrogen) atoms. The standard InChI is InChI=1S/C26H41F3O4SSi/c1-23(2,3)35(6,7)33-18-12-14-24(4)17(16-18)8-9-19-20-10-11-22(25(20,5)15-13-21(19)24)32-34(30,31)26(27,28)29/h8,11,18-21H,9-10,12-16H2,1-7H3/t18-,19?,20-,21-,24-,25-/m0/s1. The first-order chi connectivity index (χ1) is 15.8. The van der Waals surface area contributed by atoms with Crippen molar-refractivity contribution >= 4 is 18.4 Å². The number of hydrogen-bond acceptors (Lipinski definition) is 4. The third-order valence-corrected chi connectivity index (χ3v) is 15.8. The molecule has 0 heterocycles. The molecule has 0 spiro atoms. The summed E-state index contributed by atoms with van der Waals surface area (Å²) in [6, 6.07) is 0. The Balaban J connectivity index is 1.52. The maximum absolute atomic E-state index is 13.0. The Labute approximate surface area is 210 Å². The predicted octanol–water partition coefficient (Wildman–Crippen LogP) is 7.70.